The maximum absolute atomic E-state index is 13.1. The number of fused-ring (bicyclic) bond motifs is 1. The van der Waals surface area contributed by atoms with Gasteiger partial charge in [-0.3, -0.25) is 9.59 Å². The number of carbonyl (C=O) groups is 2. The number of imidazole rings is 1. The zero-order valence-electron chi connectivity index (χ0n) is 18.8. The molecule has 5 rings (SSSR count). The van der Waals surface area contributed by atoms with Gasteiger partial charge in [0.15, 0.2) is 0 Å². The molecule has 1 aliphatic rings. The van der Waals surface area contributed by atoms with Crippen molar-refractivity contribution < 1.29 is 14.3 Å². The Morgan fingerprint density at radius 1 is 0.941 bits per heavy atom. The van der Waals surface area contributed by atoms with E-state index in [4.69, 9.17) is 4.74 Å². The molecule has 34 heavy (non-hydrogen) atoms. The van der Waals surface area contributed by atoms with Crippen LogP contribution in [-0.4, -0.2) is 45.2 Å². The van der Waals surface area contributed by atoms with Crippen molar-refractivity contribution in [3.8, 4) is 5.75 Å². The topological polar surface area (TPSA) is 75.9 Å². The molecule has 1 saturated heterocycles. The van der Waals surface area contributed by atoms with E-state index in [2.05, 4.69) is 10.3 Å². The maximum Gasteiger partial charge on any atom is 0.253 e. The lowest BCUT2D eigenvalue weighted by Crippen LogP contribution is -2.46. The number of hydrogen-bond donors (Lipinski definition) is 1. The summed E-state index contributed by atoms with van der Waals surface area (Å²) in [4.78, 5) is 31.8. The normalized spacial score (nSPS) is 14.2. The van der Waals surface area contributed by atoms with E-state index in [-0.39, 0.29) is 17.9 Å². The van der Waals surface area contributed by atoms with Crippen LogP contribution in [0.25, 0.3) is 5.65 Å². The number of nitrogens with zero attached hydrogens (tertiary/aromatic N) is 3. The van der Waals surface area contributed by atoms with E-state index in [0.29, 0.717) is 36.6 Å². The summed E-state index contributed by atoms with van der Waals surface area (Å²) in [5.74, 6) is 0.541. The molecule has 4 aromatic rings. The van der Waals surface area contributed by atoms with E-state index in [1.54, 1.807) is 18.2 Å². The van der Waals surface area contributed by atoms with Crippen LogP contribution in [0.5, 0.6) is 5.75 Å². The molecule has 7 nitrogen and oxygen atoms in total. The van der Waals surface area contributed by atoms with E-state index in [1.807, 2.05) is 76.3 Å². The average Bonchev–Trinajstić information content (AvgIpc) is 3.31. The predicted molar refractivity (Wildman–Crippen MR) is 129 cm³/mol. The molecule has 3 heterocycles. The molecule has 1 aliphatic heterocycles. The molecule has 2 aromatic heterocycles. The third-order valence-corrected chi connectivity index (χ3v) is 6.03. The van der Waals surface area contributed by atoms with Gasteiger partial charge in [0.25, 0.3) is 11.8 Å². The number of ether oxygens (including phenoxy) is 1. The average molecular weight is 455 g/mol. The van der Waals surface area contributed by atoms with Gasteiger partial charge in [-0.15, -0.1) is 0 Å². The van der Waals surface area contributed by atoms with E-state index in [1.165, 1.54) is 0 Å². The van der Waals surface area contributed by atoms with Crippen molar-refractivity contribution in [2.75, 3.05) is 13.1 Å². The molecular formula is C27H26N4O3. The molecule has 0 saturated carbocycles. The van der Waals surface area contributed by atoms with Crippen molar-refractivity contribution in [2.45, 2.75) is 25.5 Å². The van der Waals surface area contributed by atoms with E-state index >= 15 is 0 Å². The van der Waals surface area contributed by atoms with Crippen molar-refractivity contribution in [2.24, 2.45) is 0 Å². The van der Waals surface area contributed by atoms with Gasteiger partial charge >= 0.3 is 0 Å². The summed E-state index contributed by atoms with van der Waals surface area (Å²) >= 11 is 0. The van der Waals surface area contributed by atoms with Gasteiger partial charge in [0.05, 0.1) is 5.69 Å². The molecule has 0 spiro atoms. The number of benzene rings is 2. The summed E-state index contributed by atoms with van der Waals surface area (Å²) in [6.45, 7) is 1.53. The SMILES string of the molecule is O=C(NC1CCN(C(=O)c2cccc(OCc3cn4ccccc4n3)c2)CC1)c1ccccc1. The Morgan fingerprint density at radius 2 is 1.71 bits per heavy atom. The first-order valence-corrected chi connectivity index (χ1v) is 11.5. The predicted octanol–water partition coefficient (Wildman–Crippen LogP) is 3.95. The fourth-order valence-electron chi connectivity index (χ4n) is 4.20. The summed E-state index contributed by atoms with van der Waals surface area (Å²) in [5, 5.41) is 3.08. The van der Waals surface area contributed by atoms with Gasteiger partial charge in [-0.1, -0.05) is 30.3 Å². The highest BCUT2D eigenvalue weighted by Gasteiger charge is 2.25. The molecule has 0 atom stereocenters. The van der Waals surface area contributed by atoms with E-state index in [9.17, 15) is 9.59 Å². The minimum Gasteiger partial charge on any atom is -0.487 e. The second kappa shape index (κ2) is 9.79. The number of aromatic nitrogens is 2. The lowest BCUT2D eigenvalue weighted by molar-refractivity contribution is 0.0697. The molecule has 0 aliphatic carbocycles. The highest BCUT2D eigenvalue weighted by atomic mass is 16.5. The first-order chi connectivity index (χ1) is 16.7. The summed E-state index contributed by atoms with van der Waals surface area (Å²) < 4.78 is 7.86. The number of amides is 2. The first-order valence-electron chi connectivity index (χ1n) is 11.5. The highest BCUT2D eigenvalue weighted by molar-refractivity contribution is 5.95. The quantitative estimate of drug-likeness (QED) is 0.479. The minimum absolute atomic E-state index is 0.0222. The lowest BCUT2D eigenvalue weighted by atomic mass is 10.0. The summed E-state index contributed by atoms with van der Waals surface area (Å²) in [5.41, 5.74) is 2.94. The fraction of sp³-hybridized carbons (Fsp3) is 0.222. The van der Waals surface area contributed by atoms with Crippen LogP contribution < -0.4 is 10.1 Å². The summed E-state index contributed by atoms with van der Waals surface area (Å²) in [6, 6.07) is 22.4. The standard InChI is InChI=1S/C27H26N4O3/c32-26(20-7-2-1-3-8-20)29-22-12-15-30(16-13-22)27(33)21-9-6-10-24(17-21)34-19-23-18-31-14-5-4-11-25(31)28-23/h1-11,14,17-18,22H,12-13,15-16,19H2,(H,29,32). The van der Waals surface area contributed by atoms with Gasteiger partial charge in [0.2, 0.25) is 0 Å². The van der Waals surface area contributed by atoms with Gasteiger partial charge in [-0.25, -0.2) is 4.98 Å². The highest BCUT2D eigenvalue weighted by Crippen LogP contribution is 2.19. The third-order valence-electron chi connectivity index (χ3n) is 6.03. The number of rotatable bonds is 6. The molecule has 0 radical (unpaired) electrons. The molecule has 1 N–H and O–H groups in total. The van der Waals surface area contributed by atoms with E-state index in [0.717, 1.165) is 24.2 Å². The zero-order valence-corrected chi connectivity index (χ0v) is 18.8. The third kappa shape index (κ3) is 4.93. The molecule has 0 bridgehead atoms. The number of hydrogen-bond acceptors (Lipinski definition) is 4. The number of nitrogens with one attached hydrogen (secondary N) is 1. The molecule has 1 fully saturated rings. The second-order valence-electron chi connectivity index (χ2n) is 8.42. The van der Waals surface area contributed by atoms with Crippen LogP contribution in [0.15, 0.2) is 85.2 Å². The largest absolute Gasteiger partial charge is 0.487 e. The second-order valence-corrected chi connectivity index (χ2v) is 8.42. The molecule has 2 amide bonds. The molecule has 172 valence electrons. The van der Waals surface area contributed by atoms with Crippen molar-refractivity contribution in [1.29, 1.82) is 0 Å². The Balaban J connectivity index is 1.15. The van der Waals surface area contributed by atoms with Crippen LogP contribution >= 0.6 is 0 Å². The fourth-order valence-corrected chi connectivity index (χ4v) is 4.20. The summed E-state index contributed by atoms with van der Waals surface area (Å²) in [7, 11) is 0. The van der Waals surface area contributed by atoms with Crippen LogP contribution in [-0.2, 0) is 6.61 Å². The van der Waals surface area contributed by atoms with Gasteiger partial charge in [0.1, 0.15) is 18.0 Å². The Hall–Kier alpha value is -4.13. The number of carbonyl (C=O) groups excluding carboxylic acids is 2. The lowest BCUT2D eigenvalue weighted by Gasteiger charge is -2.32. The number of piperidine rings is 1. The summed E-state index contributed by atoms with van der Waals surface area (Å²) in [6.07, 6.45) is 5.34. The van der Waals surface area contributed by atoms with Crippen molar-refractivity contribution in [3.05, 3.63) is 102 Å². The van der Waals surface area contributed by atoms with Crippen molar-refractivity contribution >= 4 is 17.5 Å². The van der Waals surface area contributed by atoms with Crippen LogP contribution in [0, 0.1) is 0 Å². The first kappa shape index (κ1) is 21.7. The van der Waals surface area contributed by atoms with Crippen molar-refractivity contribution in [1.82, 2.24) is 19.6 Å². The van der Waals surface area contributed by atoms with Crippen molar-refractivity contribution in [3.63, 3.8) is 0 Å². The van der Waals surface area contributed by atoms with Gasteiger partial charge in [0, 0.05) is 42.7 Å². The molecule has 2 aromatic carbocycles. The number of pyridine rings is 1. The van der Waals surface area contributed by atoms with Gasteiger partial charge < -0.3 is 19.4 Å². The van der Waals surface area contributed by atoms with Crippen LogP contribution in [0.2, 0.25) is 0 Å². The number of likely N-dealkylation sites (tertiary alicyclic amines) is 1. The zero-order chi connectivity index (χ0) is 23.3. The minimum atomic E-state index is -0.0687. The van der Waals surface area contributed by atoms with Crippen LogP contribution in [0.3, 0.4) is 0 Å². The Bertz CT molecular complexity index is 1260. The molecule has 0 unspecified atom stereocenters. The van der Waals surface area contributed by atoms with Crippen LogP contribution in [0.4, 0.5) is 0 Å². The Kier molecular flexibility index (Phi) is 6.25. The monoisotopic (exact) mass is 454 g/mol. The molecule has 7 heteroatoms. The van der Waals surface area contributed by atoms with E-state index < -0.39 is 0 Å². The van der Waals surface area contributed by atoms with Gasteiger partial charge in [-0.2, -0.15) is 0 Å². The maximum atomic E-state index is 13.1. The Labute approximate surface area is 198 Å². The smallest absolute Gasteiger partial charge is 0.253 e. The van der Waals surface area contributed by atoms with Crippen LogP contribution in [0.1, 0.15) is 39.3 Å². The molecular weight excluding hydrogens is 428 g/mol. The Morgan fingerprint density at radius 3 is 2.50 bits per heavy atom. The van der Waals surface area contributed by atoms with Gasteiger partial charge in [-0.05, 0) is 55.3 Å².